The fourth-order valence-corrected chi connectivity index (χ4v) is 4.55. The molecule has 0 unspecified atom stereocenters. The third kappa shape index (κ3) is 4.23. The minimum Gasteiger partial charge on any atom is -0.495 e. The minimum atomic E-state index is -0.387. The first-order chi connectivity index (χ1) is 16.5. The van der Waals surface area contributed by atoms with Gasteiger partial charge in [0, 0.05) is 17.4 Å². The van der Waals surface area contributed by atoms with Gasteiger partial charge in [0.1, 0.15) is 5.75 Å². The predicted octanol–water partition coefficient (Wildman–Crippen LogP) is 5.94. The molecule has 0 bridgehead atoms. The first-order valence-corrected chi connectivity index (χ1v) is 11.4. The van der Waals surface area contributed by atoms with Crippen LogP contribution in [0, 0.1) is 0 Å². The van der Waals surface area contributed by atoms with Gasteiger partial charge in [0.05, 0.1) is 17.1 Å². The molecule has 3 aromatic carbocycles. The summed E-state index contributed by atoms with van der Waals surface area (Å²) in [6, 6.07) is 20.5. The fourth-order valence-electron chi connectivity index (χ4n) is 3.61. The summed E-state index contributed by atoms with van der Waals surface area (Å²) >= 11 is 8.94. The molecular formula is C25H17BrN4O3S. The van der Waals surface area contributed by atoms with Gasteiger partial charge in [-0.15, -0.1) is 0 Å². The van der Waals surface area contributed by atoms with Gasteiger partial charge in [-0.25, -0.2) is 4.98 Å². The van der Waals surface area contributed by atoms with E-state index in [4.69, 9.17) is 21.4 Å². The molecule has 2 N–H and O–H groups in total. The first-order valence-electron chi connectivity index (χ1n) is 10.2. The molecule has 2 aromatic heterocycles. The number of amides is 1. The Balaban J connectivity index is 1.36. The number of anilines is 1. The van der Waals surface area contributed by atoms with Crippen molar-refractivity contribution in [2.24, 2.45) is 0 Å². The minimum absolute atomic E-state index is 0.146. The summed E-state index contributed by atoms with van der Waals surface area (Å²) in [5.74, 6) is 0.491. The van der Waals surface area contributed by atoms with Crippen molar-refractivity contribution in [3.63, 3.8) is 0 Å². The summed E-state index contributed by atoms with van der Waals surface area (Å²) < 4.78 is 12.0. The molecule has 0 fully saturated rings. The van der Waals surface area contributed by atoms with Gasteiger partial charge in [-0.1, -0.05) is 30.3 Å². The lowest BCUT2D eigenvalue weighted by atomic mass is 10.1. The van der Waals surface area contributed by atoms with Crippen LogP contribution in [0.2, 0.25) is 0 Å². The molecule has 7 nitrogen and oxygen atoms in total. The molecule has 0 radical (unpaired) electrons. The summed E-state index contributed by atoms with van der Waals surface area (Å²) in [6.45, 7) is 0. The molecule has 9 heteroatoms. The Morgan fingerprint density at radius 3 is 2.76 bits per heavy atom. The molecular weight excluding hydrogens is 516 g/mol. The van der Waals surface area contributed by atoms with Gasteiger partial charge >= 0.3 is 0 Å². The number of carbonyl (C=O) groups is 1. The van der Waals surface area contributed by atoms with Crippen LogP contribution >= 0.6 is 28.1 Å². The largest absolute Gasteiger partial charge is 0.495 e. The molecule has 34 heavy (non-hydrogen) atoms. The lowest BCUT2D eigenvalue weighted by molar-refractivity contribution is 0.0975. The van der Waals surface area contributed by atoms with E-state index in [1.54, 1.807) is 18.3 Å². The summed E-state index contributed by atoms with van der Waals surface area (Å²) in [6.07, 6.45) is 1.66. The number of hydrogen-bond donors (Lipinski definition) is 2. The zero-order chi connectivity index (χ0) is 23.7. The fraction of sp³-hybridized carbons (Fsp3) is 0.0400. The lowest BCUT2D eigenvalue weighted by Gasteiger charge is -2.14. The third-order valence-corrected chi connectivity index (χ3v) is 6.14. The standard InChI is InChI=1S/C25H17BrN4O3S/c1-32-21-18(13-14-6-2-3-9-17(14)20(21)26)23(31)30-25(34)28-16-8-4-7-15(12-16)24-29-22-19(33-24)10-5-11-27-22/h2-13H,1H3,(H2,28,30,31,34). The van der Waals surface area contributed by atoms with Crippen LogP contribution in [-0.4, -0.2) is 28.1 Å². The molecule has 0 aliphatic heterocycles. The van der Waals surface area contributed by atoms with Crippen LogP contribution in [0.1, 0.15) is 10.4 Å². The van der Waals surface area contributed by atoms with Gasteiger partial charge in [0.25, 0.3) is 5.91 Å². The van der Waals surface area contributed by atoms with Crippen molar-refractivity contribution in [1.82, 2.24) is 15.3 Å². The van der Waals surface area contributed by atoms with E-state index in [1.807, 2.05) is 54.6 Å². The summed E-state index contributed by atoms with van der Waals surface area (Å²) in [4.78, 5) is 21.7. The number of nitrogens with zero attached hydrogens (tertiary/aromatic N) is 2. The van der Waals surface area contributed by atoms with Crippen LogP contribution in [-0.2, 0) is 0 Å². The van der Waals surface area contributed by atoms with Gasteiger partial charge in [0.2, 0.25) is 5.89 Å². The van der Waals surface area contributed by atoms with Crippen molar-refractivity contribution in [2.75, 3.05) is 12.4 Å². The highest BCUT2D eigenvalue weighted by molar-refractivity contribution is 9.10. The Hall–Kier alpha value is -3.82. The molecule has 0 aliphatic rings. The van der Waals surface area contributed by atoms with Crippen molar-refractivity contribution in [2.45, 2.75) is 0 Å². The van der Waals surface area contributed by atoms with E-state index >= 15 is 0 Å². The van der Waals surface area contributed by atoms with E-state index in [2.05, 4.69) is 36.5 Å². The second-order valence-corrected chi connectivity index (χ2v) is 8.53. The number of nitrogens with one attached hydrogen (secondary N) is 2. The van der Waals surface area contributed by atoms with E-state index in [9.17, 15) is 4.79 Å². The van der Waals surface area contributed by atoms with Crippen molar-refractivity contribution >= 4 is 66.9 Å². The number of aromatic nitrogens is 2. The van der Waals surface area contributed by atoms with Crippen molar-refractivity contribution in [3.05, 3.63) is 83.0 Å². The molecule has 2 heterocycles. The Kier molecular flexibility index (Phi) is 5.95. The Bertz CT molecular complexity index is 1530. The molecule has 5 rings (SSSR count). The van der Waals surface area contributed by atoms with Crippen LogP contribution in [0.25, 0.3) is 33.5 Å². The van der Waals surface area contributed by atoms with E-state index in [0.717, 1.165) is 16.3 Å². The Morgan fingerprint density at radius 1 is 1.09 bits per heavy atom. The SMILES string of the molecule is COc1c(C(=O)NC(=S)Nc2cccc(-c3nc4ncccc4o3)c2)cc2ccccc2c1Br. The topological polar surface area (TPSA) is 89.3 Å². The van der Waals surface area contributed by atoms with Crippen LogP contribution in [0.5, 0.6) is 5.75 Å². The molecule has 0 saturated heterocycles. The number of rotatable bonds is 4. The predicted molar refractivity (Wildman–Crippen MR) is 139 cm³/mol. The molecule has 0 aliphatic carbocycles. The second-order valence-electron chi connectivity index (χ2n) is 7.33. The quantitative estimate of drug-likeness (QED) is 0.277. The van der Waals surface area contributed by atoms with Crippen LogP contribution < -0.4 is 15.4 Å². The lowest BCUT2D eigenvalue weighted by Crippen LogP contribution is -2.34. The smallest absolute Gasteiger partial charge is 0.261 e. The van der Waals surface area contributed by atoms with E-state index in [-0.39, 0.29) is 11.0 Å². The average molecular weight is 533 g/mol. The van der Waals surface area contributed by atoms with Gasteiger partial charge in [-0.2, -0.15) is 4.98 Å². The summed E-state index contributed by atoms with van der Waals surface area (Å²) in [5, 5.41) is 7.76. The third-order valence-electron chi connectivity index (χ3n) is 5.15. The number of carbonyl (C=O) groups excluding carboxylic acids is 1. The molecule has 0 saturated carbocycles. The molecule has 0 atom stereocenters. The zero-order valence-corrected chi connectivity index (χ0v) is 20.2. The maximum atomic E-state index is 13.0. The molecule has 168 valence electrons. The van der Waals surface area contributed by atoms with Crippen LogP contribution in [0.15, 0.2) is 81.8 Å². The number of fused-ring (bicyclic) bond motifs is 2. The monoisotopic (exact) mass is 532 g/mol. The van der Waals surface area contributed by atoms with Crippen molar-refractivity contribution in [3.8, 4) is 17.2 Å². The first kappa shape index (κ1) is 22.0. The Labute approximate surface area is 208 Å². The second kappa shape index (κ2) is 9.20. The van der Waals surface area contributed by atoms with Gasteiger partial charge in [-0.05, 0) is 75.3 Å². The average Bonchev–Trinajstić information content (AvgIpc) is 3.28. The van der Waals surface area contributed by atoms with E-state index in [1.165, 1.54) is 7.11 Å². The number of methoxy groups -OCH3 is 1. The summed E-state index contributed by atoms with van der Waals surface area (Å²) in [7, 11) is 1.52. The number of benzene rings is 3. The van der Waals surface area contributed by atoms with E-state index < -0.39 is 0 Å². The van der Waals surface area contributed by atoms with Crippen molar-refractivity contribution < 1.29 is 13.9 Å². The number of thiocarbonyl (C=S) groups is 1. The molecule has 5 aromatic rings. The highest BCUT2D eigenvalue weighted by atomic mass is 79.9. The zero-order valence-electron chi connectivity index (χ0n) is 17.8. The Morgan fingerprint density at radius 2 is 1.94 bits per heavy atom. The highest BCUT2D eigenvalue weighted by Gasteiger charge is 2.19. The van der Waals surface area contributed by atoms with Gasteiger partial charge < -0.3 is 14.5 Å². The highest BCUT2D eigenvalue weighted by Crippen LogP contribution is 2.36. The number of oxazole rings is 1. The van der Waals surface area contributed by atoms with Gasteiger partial charge in [0.15, 0.2) is 16.3 Å². The number of ether oxygens (including phenoxy) is 1. The summed E-state index contributed by atoms with van der Waals surface area (Å²) in [5.41, 5.74) is 2.93. The van der Waals surface area contributed by atoms with E-state index in [0.29, 0.717) is 38.6 Å². The molecule has 0 spiro atoms. The van der Waals surface area contributed by atoms with Gasteiger partial charge in [-0.3, -0.25) is 10.1 Å². The number of hydrogen-bond acceptors (Lipinski definition) is 6. The normalized spacial score (nSPS) is 10.9. The molecule has 1 amide bonds. The maximum Gasteiger partial charge on any atom is 0.261 e. The van der Waals surface area contributed by atoms with Crippen molar-refractivity contribution in [1.29, 1.82) is 0 Å². The van der Waals surface area contributed by atoms with Crippen LogP contribution in [0.4, 0.5) is 5.69 Å². The van der Waals surface area contributed by atoms with Crippen LogP contribution in [0.3, 0.4) is 0 Å². The number of pyridine rings is 1. The maximum absolute atomic E-state index is 13.0. The number of halogens is 1.